The molecule has 132 valence electrons. The third-order valence-electron chi connectivity index (χ3n) is 4.53. The maximum Gasteiger partial charge on any atom is 0.225 e. The molecule has 3 N–H and O–H groups in total. The van der Waals surface area contributed by atoms with Crippen molar-refractivity contribution in [1.82, 2.24) is 0 Å². The average molecular weight is 366 g/mol. The summed E-state index contributed by atoms with van der Waals surface area (Å²) in [5.74, 6) is -0.647. The van der Waals surface area contributed by atoms with Gasteiger partial charge in [0.15, 0.2) is 0 Å². The first-order valence-corrected chi connectivity index (χ1v) is 8.75. The van der Waals surface area contributed by atoms with Crippen molar-refractivity contribution in [2.45, 2.75) is 19.3 Å². The number of halogens is 1. The van der Waals surface area contributed by atoms with Crippen LogP contribution in [0.15, 0.2) is 66.7 Å². The van der Waals surface area contributed by atoms with Crippen molar-refractivity contribution in [2.75, 3.05) is 0 Å². The van der Waals surface area contributed by atoms with E-state index in [1.54, 1.807) is 24.3 Å². The van der Waals surface area contributed by atoms with Crippen LogP contribution in [0.25, 0.3) is 11.1 Å². The molecule has 0 spiro atoms. The fraction of sp³-hybridized carbons (Fsp3) is 0.136. The average Bonchev–Trinajstić information content (AvgIpc) is 2.61. The van der Waals surface area contributed by atoms with Crippen molar-refractivity contribution in [3.8, 4) is 16.9 Å². The van der Waals surface area contributed by atoms with E-state index in [2.05, 4.69) is 0 Å². The highest BCUT2D eigenvalue weighted by molar-refractivity contribution is 6.30. The number of phenols is 1. The number of carbonyl (C=O) groups is 1. The second kappa shape index (κ2) is 7.63. The molecular formula is C22H20ClNO2. The number of rotatable bonds is 5. The molecular weight excluding hydrogens is 346 g/mol. The lowest BCUT2D eigenvalue weighted by Crippen LogP contribution is -2.23. The molecule has 0 saturated carbocycles. The lowest BCUT2D eigenvalue weighted by atomic mass is 9.90. The van der Waals surface area contributed by atoms with Crippen molar-refractivity contribution < 1.29 is 9.90 Å². The topological polar surface area (TPSA) is 63.3 Å². The number of nitrogens with two attached hydrogens (primary N) is 1. The molecule has 1 unspecified atom stereocenters. The molecule has 1 atom stereocenters. The molecule has 26 heavy (non-hydrogen) atoms. The summed E-state index contributed by atoms with van der Waals surface area (Å²) in [6.45, 7) is 2.03. The van der Waals surface area contributed by atoms with Crippen LogP contribution < -0.4 is 5.73 Å². The van der Waals surface area contributed by atoms with Crippen molar-refractivity contribution in [3.05, 3.63) is 88.4 Å². The van der Waals surface area contributed by atoms with E-state index < -0.39 is 5.92 Å². The Hall–Kier alpha value is -2.78. The zero-order valence-electron chi connectivity index (χ0n) is 14.4. The van der Waals surface area contributed by atoms with Crippen molar-refractivity contribution in [1.29, 1.82) is 0 Å². The number of hydrogen-bond donors (Lipinski definition) is 2. The molecule has 3 rings (SSSR count). The van der Waals surface area contributed by atoms with Gasteiger partial charge >= 0.3 is 0 Å². The van der Waals surface area contributed by atoms with E-state index in [0.717, 1.165) is 32.8 Å². The number of aryl methyl sites for hydroxylation is 1. The summed E-state index contributed by atoms with van der Waals surface area (Å²) in [7, 11) is 0. The Morgan fingerprint density at radius 3 is 2.27 bits per heavy atom. The lowest BCUT2D eigenvalue weighted by Gasteiger charge is -2.15. The monoisotopic (exact) mass is 365 g/mol. The molecule has 0 aliphatic heterocycles. The molecule has 0 heterocycles. The Morgan fingerprint density at radius 2 is 1.69 bits per heavy atom. The minimum atomic E-state index is -0.432. The summed E-state index contributed by atoms with van der Waals surface area (Å²) in [6.07, 6.45) is 0.514. The Bertz CT molecular complexity index is 918. The predicted octanol–water partition coefficient (Wildman–Crippen LogP) is 4.83. The van der Waals surface area contributed by atoms with Crippen LogP contribution in [0, 0.1) is 6.92 Å². The van der Waals surface area contributed by atoms with E-state index in [9.17, 15) is 9.90 Å². The third-order valence-corrected chi connectivity index (χ3v) is 4.77. The molecule has 4 heteroatoms. The fourth-order valence-corrected chi connectivity index (χ4v) is 3.32. The van der Waals surface area contributed by atoms with E-state index >= 15 is 0 Å². The Labute approximate surface area is 158 Å². The Morgan fingerprint density at radius 1 is 1.04 bits per heavy atom. The third kappa shape index (κ3) is 4.06. The lowest BCUT2D eigenvalue weighted by molar-refractivity contribution is -0.119. The first-order chi connectivity index (χ1) is 12.4. The van der Waals surface area contributed by atoms with Crippen LogP contribution in [0.5, 0.6) is 5.75 Å². The maximum atomic E-state index is 11.9. The SMILES string of the molecule is Cc1cc(Cl)ccc1-c1ccc(CC(C(N)=O)c2ccc(O)cc2)cc1. The molecule has 3 aromatic carbocycles. The predicted molar refractivity (Wildman–Crippen MR) is 105 cm³/mol. The molecule has 0 aliphatic rings. The van der Waals surface area contributed by atoms with Crippen LogP contribution in [0.4, 0.5) is 0 Å². The van der Waals surface area contributed by atoms with Gasteiger partial charge in [0, 0.05) is 5.02 Å². The van der Waals surface area contributed by atoms with Gasteiger partial charge in [-0.3, -0.25) is 4.79 Å². The fourth-order valence-electron chi connectivity index (χ4n) is 3.10. The number of primary amides is 1. The van der Waals surface area contributed by atoms with Crippen LogP contribution in [-0.4, -0.2) is 11.0 Å². The van der Waals surface area contributed by atoms with Gasteiger partial charge in [-0.15, -0.1) is 0 Å². The van der Waals surface area contributed by atoms with Gasteiger partial charge in [-0.1, -0.05) is 54.1 Å². The van der Waals surface area contributed by atoms with Gasteiger partial charge in [0.05, 0.1) is 5.92 Å². The second-order valence-electron chi connectivity index (χ2n) is 6.41. The van der Waals surface area contributed by atoms with Gasteiger partial charge < -0.3 is 10.8 Å². The van der Waals surface area contributed by atoms with Crippen molar-refractivity contribution in [3.63, 3.8) is 0 Å². The summed E-state index contributed by atoms with van der Waals surface area (Å²) >= 11 is 6.03. The molecule has 0 fully saturated rings. The number of phenolic OH excluding ortho intramolecular Hbond substituents is 1. The molecule has 3 aromatic rings. The van der Waals surface area contributed by atoms with Gasteiger partial charge in [-0.25, -0.2) is 0 Å². The number of hydrogen-bond acceptors (Lipinski definition) is 2. The van der Waals surface area contributed by atoms with Gasteiger partial charge in [0.25, 0.3) is 0 Å². The molecule has 0 radical (unpaired) electrons. The zero-order chi connectivity index (χ0) is 18.7. The quantitative estimate of drug-likeness (QED) is 0.680. The van der Waals surface area contributed by atoms with E-state index in [1.165, 1.54) is 0 Å². The first-order valence-electron chi connectivity index (χ1n) is 8.38. The van der Waals surface area contributed by atoms with E-state index in [4.69, 9.17) is 17.3 Å². The summed E-state index contributed by atoms with van der Waals surface area (Å²) in [6, 6.07) is 20.5. The smallest absolute Gasteiger partial charge is 0.225 e. The summed E-state index contributed by atoms with van der Waals surface area (Å²) in [5.41, 5.74) is 10.8. The molecule has 0 aliphatic carbocycles. The first kappa shape index (κ1) is 18.0. The Kier molecular flexibility index (Phi) is 5.29. The molecule has 0 saturated heterocycles. The highest BCUT2D eigenvalue weighted by atomic mass is 35.5. The molecule has 0 aromatic heterocycles. The van der Waals surface area contributed by atoms with E-state index in [1.807, 2.05) is 49.4 Å². The number of aromatic hydroxyl groups is 1. The summed E-state index contributed by atoms with van der Waals surface area (Å²) in [4.78, 5) is 11.9. The van der Waals surface area contributed by atoms with Crippen molar-refractivity contribution >= 4 is 17.5 Å². The Balaban J connectivity index is 1.83. The van der Waals surface area contributed by atoms with Crippen LogP contribution in [0.2, 0.25) is 5.02 Å². The molecule has 1 amide bonds. The highest BCUT2D eigenvalue weighted by Crippen LogP contribution is 2.28. The number of amides is 1. The van der Waals surface area contributed by atoms with Crippen LogP contribution in [-0.2, 0) is 11.2 Å². The van der Waals surface area contributed by atoms with Gasteiger partial charge in [0.2, 0.25) is 5.91 Å². The number of benzene rings is 3. The molecule has 3 nitrogen and oxygen atoms in total. The van der Waals surface area contributed by atoms with Crippen LogP contribution in [0.3, 0.4) is 0 Å². The van der Waals surface area contributed by atoms with Crippen LogP contribution in [0.1, 0.15) is 22.6 Å². The highest BCUT2D eigenvalue weighted by Gasteiger charge is 2.18. The maximum absolute atomic E-state index is 11.9. The minimum Gasteiger partial charge on any atom is -0.508 e. The minimum absolute atomic E-state index is 0.166. The van der Waals surface area contributed by atoms with Crippen molar-refractivity contribution in [2.24, 2.45) is 5.73 Å². The number of carbonyl (C=O) groups excluding carboxylic acids is 1. The zero-order valence-corrected chi connectivity index (χ0v) is 15.2. The van der Waals surface area contributed by atoms with Gasteiger partial charge in [0.1, 0.15) is 5.75 Å². The summed E-state index contributed by atoms with van der Waals surface area (Å²) in [5, 5.41) is 10.1. The van der Waals surface area contributed by atoms with Gasteiger partial charge in [-0.05, 0) is 65.4 Å². The second-order valence-corrected chi connectivity index (χ2v) is 6.84. The summed E-state index contributed by atoms with van der Waals surface area (Å²) < 4.78 is 0. The molecule has 0 bridgehead atoms. The van der Waals surface area contributed by atoms with E-state index in [-0.39, 0.29) is 11.7 Å². The largest absolute Gasteiger partial charge is 0.508 e. The van der Waals surface area contributed by atoms with E-state index in [0.29, 0.717) is 6.42 Å². The standard InChI is InChI=1S/C22H20ClNO2/c1-14-12-18(23)8-11-20(14)16-4-2-15(3-5-16)13-21(22(24)26)17-6-9-19(25)10-7-17/h2-12,21,25H,13H2,1H3,(H2,24,26). The van der Waals surface area contributed by atoms with Gasteiger partial charge in [-0.2, -0.15) is 0 Å². The normalized spacial score (nSPS) is 11.9. The van der Waals surface area contributed by atoms with Crippen LogP contribution >= 0.6 is 11.6 Å².